The van der Waals surface area contributed by atoms with E-state index in [-0.39, 0.29) is 60.2 Å². The predicted octanol–water partition coefficient (Wildman–Crippen LogP) is 2.75. The fourth-order valence-electron chi connectivity index (χ4n) is 4.84. The maximum atomic E-state index is 8.01. The third-order valence-corrected chi connectivity index (χ3v) is 8.36. The summed E-state index contributed by atoms with van der Waals surface area (Å²) in [6.07, 6.45) is 1.05. The van der Waals surface area contributed by atoms with Crippen LogP contribution in [0.4, 0.5) is 5.69 Å². The molecule has 42 heavy (non-hydrogen) atoms. The second kappa shape index (κ2) is 19.0. The molecule has 0 bridgehead atoms. The molecule has 6 rings (SSSR count). The Hall–Kier alpha value is -2.43. The minimum Gasteiger partial charge on any atom is -1.00 e. The first-order valence-corrected chi connectivity index (χ1v) is 15.0. The minimum absolute atomic E-state index is 0. The van der Waals surface area contributed by atoms with E-state index >= 15 is 0 Å². The first kappa shape index (κ1) is 37.6. The van der Waals surface area contributed by atoms with Crippen LogP contribution in [-0.4, -0.2) is 9.52 Å². The maximum absolute atomic E-state index is 8.01. The molecule has 0 fully saturated rings. The molecule has 0 atom stereocenters. The van der Waals surface area contributed by atoms with Gasteiger partial charge in [-0.1, -0.05) is 163 Å². The van der Waals surface area contributed by atoms with Gasteiger partial charge < -0.3 is 30.5 Å². The molecule has 1 aliphatic rings. The van der Waals surface area contributed by atoms with E-state index in [2.05, 4.69) is 149 Å². The molecule has 0 aromatic heterocycles. The normalized spacial score (nSPS) is 10.3. The molecule has 5 heteroatoms. The van der Waals surface area contributed by atoms with Crippen LogP contribution in [0.1, 0.15) is 61.8 Å². The van der Waals surface area contributed by atoms with Crippen molar-refractivity contribution in [3.8, 4) is 11.1 Å². The molecule has 213 valence electrons. The van der Waals surface area contributed by atoms with Crippen molar-refractivity contribution in [1.29, 1.82) is 0 Å². The number of rotatable bonds is 4. The fourth-order valence-corrected chi connectivity index (χ4v) is 6.05. The van der Waals surface area contributed by atoms with Crippen LogP contribution < -0.4 is 35.2 Å². The molecule has 1 N–H and O–H groups in total. The first-order chi connectivity index (χ1) is 18.9. The summed E-state index contributed by atoms with van der Waals surface area (Å²) >= 11 is 0. The molecular weight excluding hydrogens is 736 g/mol. The summed E-state index contributed by atoms with van der Waals surface area (Å²) in [5, 5.41) is 2.90. The van der Waals surface area contributed by atoms with E-state index < -0.39 is 0 Å². The summed E-state index contributed by atoms with van der Waals surface area (Å²) in [5.74, 6) is 0.900. The average molecular weight is 774 g/mol. The predicted molar refractivity (Wildman–Crippen MR) is 171 cm³/mol. The molecule has 0 spiro atoms. The van der Waals surface area contributed by atoms with Crippen molar-refractivity contribution in [1.82, 2.24) is 0 Å². The molecule has 5 aromatic rings. The van der Waals surface area contributed by atoms with Gasteiger partial charge in [-0.05, 0) is 18.3 Å². The summed E-state index contributed by atoms with van der Waals surface area (Å²) in [7, 11) is 0.271. The molecule has 0 saturated heterocycles. The summed E-state index contributed by atoms with van der Waals surface area (Å²) in [5.41, 5.74) is 16.6. The summed E-state index contributed by atoms with van der Waals surface area (Å²) in [6, 6.07) is 45.6. The van der Waals surface area contributed by atoms with E-state index in [0.29, 0.717) is 11.8 Å². The average Bonchev–Trinajstić information content (AvgIpc) is 3.33. The van der Waals surface area contributed by atoms with E-state index in [4.69, 9.17) is 5.73 Å². The zero-order chi connectivity index (χ0) is 27.6. The van der Waals surface area contributed by atoms with Gasteiger partial charge in [0.15, 0.2) is 0 Å². The second-order valence-corrected chi connectivity index (χ2v) is 12.1. The Kier molecular flexibility index (Phi) is 17.0. The van der Waals surface area contributed by atoms with Crippen LogP contribution >= 0.6 is 0 Å². The van der Waals surface area contributed by atoms with Crippen molar-refractivity contribution in [2.75, 3.05) is 0 Å². The molecule has 0 saturated carbocycles. The van der Waals surface area contributed by atoms with Gasteiger partial charge in [0.25, 0.3) is 0 Å². The largest absolute Gasteiger partial charge is 4.00 e. The number of fused-ring (bicyclic) bond motifs is 3. The Morgan fingerprint density at radius 3 is 1.60 bits per heavy atom. The number of hydrogen-bond donors (Lipinski definition) is 0. The van der Waals surface area contributed by atoms with Crippen molar-refractivity contribution in [2.45, 2.75) is 46.0 Å². The molecule has 1 nitrogen and oxygen atoms in total. The van der Waals surface area contributed by atoms with Gasteiger partial charge in [-0.3, -0.25) is 0 Å². The Morgan fingerprint density at radius 1 is 0.595 bits per heavy atom. The van der Waals surface area contributed by atoms with E-state index in [0.717, 1.165) is 23.2 Å². The third kappa shape index (κ3) is 10.4. The minimum atomic E-state index is 0. The standard InChI is InChI=1S/C13H9.C12H18N.C12H11Si.2ClH.Hf/c1-3-7-12-10(5-1)9-11-6-2-4-8-13(11)12;1-8(2)10-6-5-7-11(9(3)4)12(10)13;1-3-7-11(8-4-1)13-12-9-5-2-6-10-12;;;/h1-5,7-8H,9H2;5-9,13H,1-4H3;1-10,13H;2*1H;/q2*-1;;;;+4/p-2. The topological polar surface area (TPSA) is 23.8 Å². The molecule has 0 amide bonds. The molecule has 0 heterocycles. The van der Waals surface area contributed by atoms with Crippen molar-refractivity contribution in [3.63, 3.8) is 0 Å². The number of hydrogen-bond acceptors (Lipinski definition) is 0. The van der Waals surface area contributed by atoms with Gasteiger partial charge in [-0.15, -0.1) is 11.3 Å². The van der Waals surface area contributed by atoms with E-state index in [9.17, 15) is 0 Å². The number of benzene rings is 5. The Bertz CT molecular complexity index is 1370. The Morgan fingerprint density at radius 2 is 1.07 bits per heavy atom. The third-order valence-electron chi connectivity index (χ3n) is 6.92. The molecular formula is C37H38Cl2HfNSi. The SMILES string of the molecule is CC(C)c1cccc(C(C)C)c1[NH-].[Cl-].[Cl-].[Hf+4].[c-]1cccc2c1Cc1ccccc1-2.c1ccc([SiH]c2ccccc2)cc1. The van der Waals surface area contributed by atoms with Crippen LogP contribution in [0.5, 0.6) is 0 Å². The van der Waals surface area contributed by atoms with Crippen LogP contribution in [0.25, 0.3) is 16.9 Å². The molecule has 0 aliphatic heterocycles. The smallest absolute Gasteiger partial charge is 1.00 e. The Balaban J connectivity index is 0.000000304. The first-order valence-electron chi connectivity index (χ1n) is 13.8. The zero-order valence-corrected chi connectivity index (χ0v) is 31.0. The second-order valence-electron chi connectivity index (χ2n) is 10.5. The van der Waals surface area contributed by atoms with E-state index in [1.807, 2.05) is 6.07 Å². The van der Waals surface area contributed by atoms with E-state index in [1.165, 1.54) is 32.6 Å². The van der Waals surface area contributed by atoms with Crippen molar-refractivity contribution < 1.29 is 50.7 Å². The van der Waals surface area contributed by atoms with Crippen LogP contribution in [-0.2, 0) is 32.3 Å². The maximum Gasteiger partial charge on any atom is 4.00 e. The number of halogens is 2. The van der Waals surface area contributed by atoms with Crippen LogP contribution in [0.3, 0.4) is 0 Å². The summed E-state index contributed by atoms with van der Waals surface area (Å²) in [4.78, 5) is 0. The molecule has 1 aliphatic carbocycles. The fraction of sp³-hybridized carbons (Fsp3) is 0.189. The van der Waals surface area contributed by atoms with Crippen LogP contribution in [0, 0.1) is 6.07 Å². The van der Waals surface area contributed by atoms with E-state index in [1.54, 1.807) is 0 Å². The quantitative estimate of drug-likeness (QED) is 0.195. The van der Waals surface area contributed by atoms with Gasteiger partial charge in [-0.25, -0.2) is 0 Å². The molecule has 1 radical (unpaired) electrons. The van der Waals surface area contributed by atoms with Crippen molar-refractivity contribution in [3.05, 3.63) is 155 Å². The van der Waals surface area contributed by atoms with Crippen LogP contribution in [0.2, 0.25) is 0 Å². The summed E-state index contributed by atoms with van der Waals surface area (Å²) < 4.78 is 0. The van der Waals surface area contributed by atoms with Gasteiger partial charge in [0.05, 0.1) is 0 Å². The zero-order valence-electron chi connectivity index (χ0n) is 24.7. The van der Waals surface area contributed by atoms with Gasteiger partial charge >= 0.3 is 25.8 Å². The molecule has 0 unspecified atom stereocenters. The van der Waals surface area contributed by atoms with Gasteiger partial charge in [-0.2, -0.15) is 29.8 Å². The Labute approximate surface area is 286 Å². The van der Waals surface area contributed by atoms with Crippen molar-refractivity contribution in [2.24, 2.45) is 0 Å². The van der Waals surface area contributed by atoms with Crippen molar-refractivity contribution >= 4 is 25.6 Å². The number of nitrogens with one attached hydrogen (secondary N) is 1. The van der Waals surface area contributed by atoms with Crippen LogP contribution in [0.15, 0.2) is 121 Å². The molecule has 5 aromatic carbocycles. The van der Waals surface area contributed by atoms with Gasteiger partial charge in [0.2, 0.25) is 0 Å². The summed E-state index contributed by atoms with van der Waals surface area (Å²) in [6.45, 7) is 8.55. The monoisotopic (exact) mass is 774 g/mol. The van der Waals surface area contributed by atoms with Gasteiger partial charge in [0.1, 0.15) is 9.52 Å². The van der Waals surface area contributed by atoms with Gasteiger partial charge in [0, 0.05) is 0 Å².